The van der Waals surface area contributed by atoms with Gasteiger partial charge in [-0.05, 0) is 31.5 Å². The van der Waals surface area contributed by atoms with E-state index in [2.05, 4.69) is 5.32 Å². The number of hydrogen-bond acceptors (Lipinski definition) is 4. The molecule has 14 heavy (non-hydrogen) atoms. The van der Waals surface area contributed by atoms with Crippen LogP contribution in [0.5, 0.6) is 0 Å². The molecule has 0 amide bonds. The highest BCUT2D eigenvalue weighted by Gasteiger charge is 2.23. The van der Waals surface area contributed by atoms with Gasteiger partial charge in [0, 0.05) is 10.9 Å². The average Bonchev–Trinajstić information content (AvgIpc) is 2.67. The fraction of sp³-hybridized carbons (Fsp3) is 0.500. The number of nitrogens with two attached hydrogens (primary N) is 1. The van der Waals surface area contributed by atoms with Crippen molar-refractivity contribution in [3.63, 3.8) is 0 Å². The number of hydrogen-bond donors (Lipinski definition) is 2. The van der Waals surface area contributed by atoms with Gasteiger partial charge in [0.15, 0.2) is 6.29 Å². The first-order valence-corrected chi connectivity index (χ1v) is 5.67. The summed E-state index contributed by atoms with van der Waals surface area (Å²) in [5.41, 5.74) is 6.02. The second kappa shape index (κ2) is 4.21. The number of nitrogens with one attached hydrogen (secondary N) is 1. The average molecular weight is 210 g/mol. The van der Waals surface area contributed by atoms with Crippen LogP contribution in [0, 0.1) is 0 Å². The van der Waals surface area contributed by atoms with E-state index in [9.17, 15) is 4.79 Å². The van der Waals surface area contributed by atoms with Crippen LogP contribution in [-0.4, -0.2) is 18.9 Å². The zero-order chi connectivity index (χ0) is 9.97. The minimum absolute atomic E-state index is 0.182. The molecule has 1 aliphatic heterocycles. The van der Waals surface area contributed by atoms with Crippen molar-refractivity contribution in [1.82, 2.24) is 5.32 Å². The largest absolute Gasteiger partial charge is 0.326 e. The Balaban J connectivity index is 2.16. The molecule has 0 saturated carbocycles. The first-order valence-electron chi connectivity index (χ1n) is 4.85. The molecule has 0 aromatic carbocycles. The van der Waals surface area contributed by atoms with Crippen molar-refractivity contribution in [3.05, 3.63) is 21.9 Å². The van der Waals surface area contributed by atoms with Gasteiger partial charge in [0.25, 0.3) is 0 Å². The van der Waals surface area contributed by atoms with Crippen LogP contribution in [0.1, 0.15) is 33.4 Å². The molecule has 3 N–H and O–H groups in total. The van der Waals surface area contributed by atoms with Gasteiger partial charge in [-0.15, -0.1) is 11.3 Å². The van der Waals surface area contributed by atoms with E-state index in [1.807, 2.05) is 12.1 Å². The second-order valence-corrected chi connectivity index (χ2v) is 4.74. The Morgan fingerprint density at radius 1 is 1.57 bits per heavy atom. The molecular weight excluding hydrogens is 196 g/mol. The van der Waals surface area contributed by atoms with Gasteiger partial charge in [-0.1, -0.05) is 0 Å². The lowest BCUT2D eigenvalue weighted by molar-refractivity contribution is 0.112. The molecule has 76 valence electrons. The smallest absolute Gasteiger partial charge is 0.160 e. The molecule has 1 fully saturated rings. The quantitative estimate of drug-likeness (QED) is 0.724. The van der Waals surface area contributed by atoms with Crippen LogP contribution < -0.4 is 11.1 Å². The van der Waals surface area contributed by atoms with E-state index in [1.165, 1.54) is 16.2 Å². The summed E-state index contributed by atoms with van der Waals surface area (Å²) in [5.74, 6) is 0. The van der Waals surface area contributed by atoms with Crippen molar-refractivity contribution in [2.75, 3.05) is 6.54 Å². The fourth-order valence-electron chi connectivity index (χ4n) is 1.82. The van der Waals surface area contributed by atoms with Gasteiger partial charge in [-0.3, -0.25) is 4.79 Å². The number of aldehydes is 1. The predicted octanol–water partition coefficient (Wildman–Crippen LogP) is 1.31. The summed E-state index contributed by atoms with van der Waals surface area (Å²) in [7, 11) is 0. The topological polar surface area (TPSA) is 55.1 Å². The summed E-state index contributed by atoms with van der Waals surface area (Å²) in [4.78, 5) is 12.5. The van der Waals surface area contributed by atoms with E-state index in [0.29, 0.717) is 0 Å². The van der Waals surface area contributed by atoms with E-state index < -0.39 is 0 Å². The van der Waals surface area contributed by atoms with Crippen molar-refractivity contribution in [1.29, 1.82) is 0 Å². The summed E-state index contributed by atoms with van der Waals surface area (Å²) in [6.07, 6.45) is 3.10. The molecule has 1 saturated heterocycles. The van der Waals surface area contributed by atoms with Crippen molar-refractivity contribution in [2.24, 2.45) is 5.73 Å². The number of carbonyl (C=O) groups is 1. The monoisotopic (exact) mass is 210 g/mol. The number of rotatable bonds is 2. The lowest BCUT2D eigenvalue weighted by atomic mass is 9.98. The van der Waals surface area contributed by atoms with Crippen molar-refractivity contribution >= 4 is 17.6 Å². The van der Waals surface area contributed by atoms with Gasteiger partial charge < -0.3 is 11.1 Å². The lowest BCUT2D eigenvalue weighted by Crippen LogP contribution is -2.42. The van der Waals surface area contributed by atoms with E-state index in [4.69, 9.17) is 5.73 Å². The SMILES string of the molecule is NC1CCCNC1c1ccc(C=O)s1. The maximum atomic E-state index is 10.5. The first-order chi connectivity index (χ1) is 6.81. The Morgan fingerprint density at radius 2 is 2.43 bits per heavy atom. The maximum Gasteiger partial charge on any atom is 0.160 e. The van der Waals surface area contributed by atoms with E-state index >= 15 is 0 Å². The summed E-state index contributed by atoms with van der Waals surface area (Å²) < 4.78 is 0. The van der Waals surface area contributed by atoms with E-state index in [-0.39, 0.29) is 12.1 Å². The normalized spacial score (nSPS) is 27.5. The third kappa shape index (κ3) is 1.87. The molecule has 2 heterocycles. The van der Waals surface area contributed by atoms with Crippen molar-refractivity contribution in [3.8, 4) is 0 Å². The predicted molar refractivity (Wildman–Crippen MR) is 57.7 cm³/mol. The molecule has 1 aromatic rings. The fourth-order valence-corrected chi connectivity index (χ4v) is 2.80. The molecule has 4 heteroatoms. The minimum atomic E-state index is 0.182. The second-order valence-electron chi connectivity index (χ2n) is 3.60. The molecule has 0 aliphatic carbocycles. The van der Waals surface area contributed by atoms with Gasteiger partial charge in [-0.25, -0.2) is 0 Å². The highest BCUT2D eigenvalue weighted by atomic mass is 32.1. The van der Waals surface area contributed by atoms with Crippen LogP contribution >= 0.6 is 11.3 Å². The van der Waals surface area contributed by atoms with Gasteiger partial charge in [0.2, 0.25) is 0 Å². The molecule has 3 nitrogen and oxygen atoms in total. The van der Waals surface area contributed by atoms with Crippen LogP contribution in [0.3, 0.4) is 0 Å². The van der Waals surface area contributed by atoms with Crippen LogP contribution in [0.2, 0.25) is 0 Å². The molecular formula is C10H14N2OS. The Morgan fingerprint density at radius 3 is 3.07 bits per heavy atom. The Labute approximate surface area is 87.3 Å². The van der Waals surface area contributed by atoms with Crippen LogP contribution in [0.15, 0.2) is 12.1 Å². The Hall–Kier alpha value is -0.710. The molecule has 1 aromatic heterocycles. The first kappa shape index (κ1) is 9.83. The molecule has 0 spiro atoms. The highest BCUT2D eigenvalue weighted by Crippen LogP contribution is 2.27. The van der Waals surface area contributed by atoms with Gasteiger partial charge in [-0.2, -0.15) is 0 Å². The molecule has 0 radical (unpaired) electrons. The molecule has 2 atom stereocenters. The maximum absolute atomic E-state index is 10.5. The minimum Gasteiger partial charge on any atom is -0.326 e. The van der Waals surface area contributed by atoms with Gasteiger partial charge in [0.1, 0.15) is 0 Å². The summed E-state index contributed by atoms with van der Waals surface area (Å²) in [5, 5.41) is 3.39. The van der Waals surface area contributed by atoms with Crippen LogP contribution in [0.25, 0.3) is 0 Å². The molecule has 0 bridgehead atoms. The van der Waals surface area contributed by atoms with Crippen molar-refractivity contribution in [2.45, 2.75) is 24.9 Å². The lowest BCUT2D eigenvalue weighted by Gasteiger charge is -2.28. The summed E-state index contributed by atoms with van der Waals surface area (Å²) in [6, 6.07) is 4.28. The van der Waals surface area contributed by atoms with Gasteiger partial charge in [0.05, 0.1) is 10.9 Å². The van der Waals surface area contributed by atoms with Crippen LogP contribution in [-0.2, 0) is 0 Å². The number of carbonyl (C=O) groups excluding carboxylic acids is 1. The van der Waals surface area contributed by atoms with Gasteiger partial charge >= 0.3 is 0 Å². The number of thiophene rings is 1. The van der Waals surface area contributed by atoms with Crippen LogP contribution in [0.4, 0.5) is 0 Å². The summed E-state index contributed by atoms with van der Waals surface area (Å²) >= 11 is 1.53. The van der Waals surface area contributed by atoms with E-state index in [1.54, 1.807) is 0 Å². The molecule has 2 rings (SSSR count). The standard InChI is InChI=1S/C10H14N2OS/c11-8-2-1-5-12-10(8)9-4-3-7(6-13)14-9/h3-4,6,8,10,12H,1-2,5,11H2. The Bertz CT molecular complexity index is 324. The molecule has 2 unspecified atom stereocenters. The zero-order valence-corrected chi connectivity index (χ0v) is 8.72. The number of piperidine rings is 1. The van der Waals surface area contributed by atoms with Crippen molar-refractivity contribution < 1.29 is 4.79 Å². The zero-order valence-electron chi connectivity index (χ0n) is 7.90. The summed E-state index contributed by atoms with van der Waals surface area (Å²) in [6.45, 7) is 1.02. The van der Waals surface area contributed by atoms with E-state index in [0.717, 1.165) is 30.5 Å². The molecule has 1 aliphatic rings. The Kier molecular flexibility index (Phi) is 2.96. The third-order valence-corrected chi connectivity index (χ3v) is 3.67. The third-order valence-electron chi connectivity index (χ3n) is 2.58. The highest BCUT2D eigenvalue weighted by molar-refractivity contribution is 7.13.